The van der Waals surface area contributed by atoms with Crippen LogP contribution in [0.1, 0.15) is 34.6 Å². The van der Waals surface area contributed by atoms with Crippen LogP contribution in [-0.2, 0) is 20.7 Å². The SMILES string of the molecule is COC(=O)N[C@@H](Cc1cn(C(C)=O)c2cc(C(C)=O)ccc12)C(=O)OC. The van der Waals surface area contributed by atoms with E-state index in [2.05, 4.69) is 10.1 Å². The Bertz CT molecular complexity index is 883. The van der Waals surface area contributed by atoms with Gasteiger partial charge < -0.3 is 14.8 Å². The highest BCUT2D eigenvalue weighted by Gasteiger charge is 2.25. The summed E-state index contributed by atoms with van der Waals surface area (Å²) in [6.45, 7) is 2.84. The van der Waals surface area contributed by atoms with Crippen LogP contribution in [-0.4, -0.2) is 48.6 Å². The number of ether oxygens (including phenoxy) is 2. The number of alkyl carbamates (subject to hydrolysis) is 1. The van der Waals surface area contributed by atoms with E-state index in [4.69, 9.17) is 4.74 Å². The van der Waals surface area contributed by atoms with Gasteiger partial charge in [-0.2, -0.15) is 0 Å². The Labute approximate surface area is 150 Å². The number of Topliss-reactive ketones (excluding diaryl/α,β-unsaturated/α-hetero) is 1. The first-order valence-electron chi connectivity index (χ1n) is 7.86. The molecule has 138 valence electrons. The number of benzene rings is 1. The molecule has 0 aliphatic carbocycles. The van der Waals surface area contributed by atoms with Crippen molar-refractivity contribution >= 4 is 34.7 Å². The monoisotopic (exact) mass is 360 g/mol. The molecule has 1 aromatic heterocycles. The predicted molar refractivity (Wildman–Crippen MR) is 93.3 cm³/mol. The zero-order valence-electron chi connectivity index (χ0n) is 15.0. The molecule has 1 N–H and O–H groups in total. The first kappa shape index (κ1) is 19.2. The third-order valence-electron chi connectivity index (χ3n) is 4.02. The van der Waals surface area contributed by atoms with Crippen LogP contribution in [0.3, 0.4) is 0 Å². The van der Waals surface area contributed by atoms with Crippen molar-refractivity contribution in [2.45, 2.75) is 26.3 Å². The molecule has 2 rings (SSSR count). The number of amides is 1. The van der Waals surface area contributed by atoms with E-state index in [1.54, 1.807) is 24.4 Å². The largest absolute Gasteiger partial charge is 0.467 e. The third kappa shape index (κ3) is 3.90. The van der Waals surface area contributed by atoms with Gasteiger partial charge in [-0.25, -0.2) is 9.59 Å². The van der Waals surface area contributed by atoms with Crippen molar-refractivity contribution < 1.29 is 28.7 Å². The molecular formula is C18H20N2O6. The number of hydrogen-bond acceptors (Lipinski definition) is 6. The van der Waals surface area contributed by atoms with Crippen molar-refractivity contribution in [1.82, 2.24) is 9.88 Å². The van der Waals surface area contributed by atoms with Crippen LogP contribution >= 0.6 is 0 Å². The van der Waals surface area contributed by atoms with Crippen LogP contribution in [0, 0.1) is 0 Å². The summed E-state index contributed by atoms with van der Waals surface area (Å²) < 4.78 is 10.7. The number of carbonyl (C=O) groups excluding carboxylic acids is 4. The second kappa shape index (κ2) is 7.81. The Morgan fingerprint density at radius 1 is 1.12 bits per heavy atom. The quantitative estimate of drug-likeness (QED) is 0.646. The zero-order chi connectivity index (χ0) is 19.4. The number of nitrogens with one attached hydrogen (secondary N) is 1. The zero-order valence-corrected chi connectivity index (χ0v) is 15.0. The summed E-state index contributed by atoms with van der Waals surface area (Å²) in [4.78, 5) is 47.0. The first-order chi connectivity index (χ1) is 12.3. The Morgan fingerprint density at radius 2 is 1.81 bits per heavy atom. The summed E-state index contributed by atoms with van der Waals surface area (Å²) in [5.41, 5.74) is 1.68. The van der Waals surface area contributed by atoms with Crippen molar-refractivity contribution in [1.29, 1.82) is 0 Å². The van der Waals surface area contributed by atoms with Gasteiger partial charge in [0, 0.05) is 30.5 Å². The summed E-state index contributed by atoms with van der Waals surface area (Å²) in [7, 11) is 2.40. The predicted octanol–water partition coefficient (Wildman–Crippen LogP) is 1.94. The van der Waals surface area contributed by atoms with E-state index >= 15 is 0 Å². The molecule has 1 aromatic carbocycles. The van der Waals surface area contributed by atoms with Gasteiger partial charge in [0.2, 0.25) is 5.91 Å². The molecule has 0 bridgehead atoms. The molecule has 2 aromatic rings. The number of hydrogen-bond donors (Lipinski definition) is 1. The average Bonchev–Trinajstić information content (AvgIpc) is 2.98. The maximum atomic E-state index is 12.0. The lowest BCUT2D eigenvalue weighted by molar-refractivity contribution is -0.142. The Morgan fingerprint density at radius 3 is 2.35 bits per heavy atom. The van der Waals surface area contributed by atoms with Gasteiger partial charge in [-0.15, -0.1) is 0 Å². The summed E-state index contributed by atoms with van der Waals surface area (Å²) in [5.74, 6) is -0.999. The Hall–Kier alpha value is -3.16. The molecule has 0 saturated carbocycles. The van der Waals surface area contributed by atoms with Crippen LogP contribution in [0.25, 0.3) is 10.9 Å². The molecule has 26 heavy (non-hydrogen) atoms. The Kier molecular flexibility index (Phi) is 5.76. The Balaban J connectivity index is 2.50. The molecule has 8 heteroatoms. The highest BCUT2D eigenvalue weighted by atomic mass is 16.5. The van der Waals surface area contributed by atoms with Crippen molar-refractivity contribution in [3.8, 4) is 0 Å². The number of rotatable bonds is 5. The van der Waals surface area contributed by atoms with Gasteiger partial charge >= 0.3 is 12.1 Å². The van der Waals surface area contributed by atoms with Crippen LogP contribution in [0.2, 0.25) is 0 Å². The second-order valence-corrected chi connectivity index (χ2v) is 5.75. The smallest absolute Gasteiger partial charge is 0.407 e. The van der Waals surface area contributed by atoms with Crippen LogP contribution in [0.4, 0.5) is 4.79 Å². The number of fused-ring (bicyclic) bond motifs is 1. The molecular weight excluding hydrogens is 340 g/mol. The lowest BCUT2D eigenvalue weighted by atomic mass is 10.0. The molecule has 0 radical (unpaired) electrons. The van der Waals surface area contributed by atoms with E-state index in [1.165, 1.54) is 32.6 Å². The van der Waals surface area contributed by atoms with Crippen molar-refractivity contribution in [3.63, 3.8) is 0 Å². The standard InChI is InChI=1S/C18H20N2O6/c1-10(21)12-5-6-14-13(9-20(11(2)22)16(14)8-12)7-15(17(23)25-3)19-18(24)26-4/h5-6,8-9,15H,7H2,1-4H3,(H,19,24)/t15-/m0/s1. The fourth-order valence-electron chi connectivity index (χ4n) is 2.70. The number of carbonyl (C=O) groups is 4. The lowest BCUT2D eigenvalue weighted by Gasteiger charge is -2.15. The van der Waals surface area contributed by atoms with Crippen LogP contribution in [0.5, 0.6) is 0 Å². The van der Waals surface area contributed by atoms with E-state index in [0.29, 0.717) is 22.0 Å². The van der Waals surface area contributed by atoms with Crippen LogP contribution in [0.15, 0.2) is 24.4 Å². The highest BCUT2D eigenvalue weighted by Crippen LogP contribution is 2.24. The van der Waals surface area contributed by atoms with Gasteiger partial charge in [0.15, 0.2) is 5.78 Å². The molecule has 0 aliphatic rings. The van der Waals surface area contributed by atoms with E-state index in [1.807, 2.05) is 0 Å². The van der Waals surface area contributed by atoms with Gasteiger partial charge in [-0.05, 0) is 18.6 Å². The minimum Gasteiger partial charge on any atom is -0.467 e. The fourth-order valence-corrected chi connectivity index (χ4v) is 2.70. The second-order valence-electron chi connectivity index (χ2n) is 5.75. The summed E-state index contributed by atoms with van der Waals surface area (Å²) in [5, 5.41) is 3.11. The summed E-state index contributed by atoms with van der Waals surface area (Å²) >= 11 is 0. The van der Waals surface area contributed by atoms with Crippen molar-refractivity contribution in [2.75, 3.05) is 14.2 Å². The number of nitrogens with zero attached hydrogens (tertiary/aromatic N) is 1. The summed E-state index contributed by atoms with van der Waals surface area (Å²) in [6, 6.07) is 4.02. The molecule has 0 fully saturated rings. The molecule has 0 spiro atoms. The molecule has 1 amide bonds. The first-order valence-corrected chi connectivity index (χ1v) is 7.86. The van der Waals surface area contributed by atoms with Crippen molar-refractivity contribution in [3.05, 3.63) is 35.5 Å². The summed E-state index contributed by atoms with van der Waals surface area (Å²) in [6.07, 6.45) is 0.915. The van der Waals surface area contributed by atoms with Gasteiger partial charge in [0.1, 0.15) is 6.04 Å². The van der Waals surface area contributed by atoms with Gasteiger partial charge in [0.05, 0.1) is 19.7 Å². The topological polar surface area (TPSA) is 104 Å². The van der Waals surface area contributed by atoms with Crippen molar-refractivity contribution in [2.24, 2.45) is 0 Å². The normalized spacial score (nSPS) is 11.7. The van der Waals surface area contributed by atoms with Gasteiger partial charge in [-0.1, -0.05) is 12.1 Å². The van der Waals surface area contributed by atoms with E-state index < -0.39 is 18.1 Å². The molecule has 0 aliphatic heterocycles. The number of aromatic nitrogens is 1. The minimum absolute atomic E-state index is 0.0952. The number of methoxy groups -OCH3 is 2. The average molecular weight is 360 g/mol. The lowest BCUT2D eigenvalue weighted by Crippen LogP contribution is -2.42. The maximum absolute atomic E-state index is 12.0. The molecule has 1 atom stereocenters. The van der Waals surface area contributed by atoms with E-state index in [9.17, 15) is 19.2 Å². The maximum Gasteiger partial charge on any atom is 0.407 e. The molecule has 0 unspecified atom stereocenters. The van der Waals surface area contributed by atoms with Gasteiger partial charge in [-0.3, -0.25) is 14.2 Å². The molecule has 8 nitrogen and oxygen atoms in total. The molecule has 1 heterocycles. The van der Waals surface area contributed by atoms with E-state index in [-0.39, 0.29) is 18.1 Å². The minimum atomic E-state index is -0.981. The third-order valence-corrected chi connectivity index (χ3v) is 4.02. The fraction of sp³-hybridized carbons (Fsp3) is 0.333. The number of esters is 1. The van der Waals surface area contributed by atoms with E-state index in [0.717, 1.165) is 0 Å². The van der Waals surface area contributed by atoms with Gasteiger partial charge in [0.25, 0.3) is 0 Å². The van der Waals surface area contributed by atoms with Crippen LogP contribution < -0.4 is 5.32 Å². The highest BCUT2D eigenvalue weighted by molar-refractivity contribution is 6.01. The number of ketones is 1. The molecule has 0 saturated heterocycles.